The first-order valence-corrected chi connectivity index (χ1v) is 10.0. The molecule has 0 spiro atoms. The lowest BCUT2D eigenvalue weighted by atomic mass is 10.1. The van der Waals surface area contributed by atoms with Gasteiger partial charge in [-0.1, -0.05) is 12.1 Å². The minimum absolute atomic E-state index is 0.0426. The molecule has 7 nitrogen and oxygen atoms in total. The molecule has 1 aromatic carbocycles. The molecule has 3 rings (SSSR count). The fraction of sp³-hybridized carbons (Fsp3) is 0.450. The Kier molecular flexibility index (Phi) is 5.79. The largest absolute Gasteiger partial charge is 0.444 e. The van der Waals surface area contributed by atoms with E-state index in [0.29, 0.717) is 18.9 Å². The maximum Gasteiger partial charge on any atom is 0.408 e. The summed E-state index contributed by atoms with van der Waals surface area (Å²) in [7, 11) is 0. The number of nitrogens with one attached hydrogen (secondary N) is 2. The minimum Gasteiger partial charge on any atom is -0.444 e. The van der Waals surface area contributed by atoms with E-state index in [1.165, 1.54) is 0 Å². The molecule has 0 saturated carbocycles. The lowest BCUT2D eigenvalue weighted by Gasteiger charge is -2.31. The number of aromatic nitrogens is 1. The van der Waals surface area contributed by atoms with Crippen molar-refractivity contribution in [2.75, 3.05) is 24.5 Å². The zero-order valence-electron chi connectivity index (χ0n) is 16.5. The number of nitrogens with zero attached hydrogens (tertiary/aromatic N) is 2. The molecular weight excluding hydrogens is 424 g/mol. The molecule has 2 aromatic rings. The fourth-order valence-electron chi connectivity index (χ4n) is 3.12. The molecule has 0 radical (unpaired) electrons. The molecule has 1 unspecified atom stereocenters. The number of alkyl carbamates (subject to hydrolysis) is 1. The van der Waals surface area contributed by atoms with E-state index in [2.05, 4.69) is 26.6 Å². The van der Waals surface area contributed by atoms with Crippen molar-refractivity contribution in [2.45, 2.75) is 39.3 Å². The van der Waals surface area contributed by atoms with E-state index in [9.17, 15) is 9.59 Å². The number of carbonyl (C=O) groups excluding carboxylic acids is 2. The van der Waals surface area contributed by atoms with Crippen LogP contribution in [0.1, 0.15) is 39.3 Å². The maximum absolute atomic E-state index is 12.3. The number of piperazine rings is 1. The third-order valence-electron chi connectivity index (χ3n) is 4.34. The predicted octanol–water partition coefficient (Wildman–Crippen LogP) is 3.52. The average molecular weight is 449 g/mol. The van der Waals surface area contributed by atoms with Gasteiger partial charge in [0.05, 0.1) is 18.1 Å². The van der Waals surface area contributed by atoms with Crippen LogP contribution < -0.4 is 15.5 Å². The molecule has 8 heteroatoms. The van der Waals surface area contributed by atoms with Crippen LogP contribution in [-0.2, 0) is 9.53 Å². The molecule has 150 valence electrons. The second-order valence-corrected chi connectivity index (χ2v) is 8.71. The van der Waals surface area contributed by atoms with E-state index in [4.69, 9.17) is 9.72 Å². The summed E-state index contributed by atoms with van der Waals surface area (Å²) in [5.41, 5.74) is 1.08. The molecule has 0 aliphatic carbocycles. The highest BCUT2D eigenvalue weighted by Gasteiger charge is 2.25. The van der Waals surface area contributed by atoms with Gasteiger partial charge in [-0.2, -0.15) is 0 Å². The quantitative estimate of drug-likeness (QED) is 0.750. The van der Waals surface area contributed by atoms with Crippen LogP contribution in [0.2, 0.25) is 0 Å². The van der Waals surface area contributed by atoms with Crippen LogP contribution in [0.3, 0.4) is 0 Å². The number of anilines is 1. The highest BCUT2D eigenvalue weighted by Crippen LogP contribution is 2.32. The van der Waals surface area contributed by atoms with Gasteiger partial charge < -0.3 is 20.3 Å². The van der Waals surface area contributed by atoms with Crippen molar-refractivity contribution in [3.8, 4) is 0 Å². The summed E-state index contributed by atoms with van der Waals surface area (Å²) in [6.07, 6.45) is -0.489. The van der Waals surface area contributed by atoms with Crippen LogP contribution in [0.25, 0.3) is 10.9 Å². The second kappa shape index (κ2) is 7.95. The Hall–Kier alpha value is -2.35. The molecule has 1 aromatic heterocycles. The van der Waals surface area contributed by atoms with Gasteiger partial charge in [-0.3, -0.25) is 4.79 Å². The van der Waals surface area contributed by atoms with Gasteiger partial charge in [0, 0.05) is 28.5 Å². The number of benzene rings is 1. The molecule has 1 aliphatic heterocycles. The number of halogens is 1. The van der Waals surface area contributed by atoms with E-state index in [0.717, 1.165) is 20.9 Å². The number of para-hydroxylation sites is 1. The van der Waals surface area contributed by atoms with E-state index in [1.807, 2.05) is 56.9 Å². The van der Waals surface area contributed by atoms with Crippen LogP contribution >= 0.6 is 15.9 Å². The Balaban J connectivity index is 2.00. The van der Waals surface area contributed by atoms with Crippen molar-refractivity contribution in [2.24, 2.45) is 0 Å². The highest BCUT2D eigenvalue weighted by atomic mass is 79.9. The summed E-state index contributed by atoms with van der Waals surface area (Å²) in [6, 6.07) is 7.52. The van der Waals surface area contributed by atoms with Gasteiger partial charge in [0.25, 0.3) is 0 Å². The predicted molar refractivity (Wildman–Crippen MR) is 112 cm³/mol. The number of fused-ring (bicyclic) bond motifs is 1. The summed E-state index contributed by atoms with van der Waals surface area (Å²) in [5, 5.41) is 6.66. The van der Waals surface area contributed by atoms with E-state index in [-0.39, 0.29) is 18.5 Å². The number of carbonyl (C=O) groups is 2. The Labute approximate surface area is 173 Å². The molecule has 2 N–H and O–H groups in total. The van der Waals surface area contributed by atoms with Crippen molar-refractivity contribution in [1.29, 1.82) is 0 Å². The summed E-state index contributed by atoms with van der Waals surface area (Å²) in [6.45, 7) is 8.80. The molecule has 2 heterocycles. The van der Waals surface area contributed by atoms with Gasteiger partial charge in [0.15, 0.2) is 0 Å². The van der Waals surface area contributed by atoms with Gasteiger partial charge in [-0.25, -0.2) is 9.78 Å². The number of ether oxygens (including phenoxy) is 1. The number of hydrogen-bond donors (Lipinski definition) is 2. The van der Waals surface area contributed by atoms with Gasteiger partial charge in [0.2, 0.25) is 5.91 Å². The van der Waals surface area contributed by atoms with Crippen molar-refractivity contribution in [3.63, 3.8) is 0 Å². The monoisotopic (exact) mass is 448 g/mol. The first-order valence-electron chi connectivity index (χ1n) is 9.24. The lowest BCUT2D eigenvalue weighted by Crippen LogP contribution is -2.48. The van der Waals surface area contributed by atoms with Gasteiger partial charge in [0.1, 0.15) is 11.4 Å². The first-order chi connectivity index (χ1) is 13.1. The number of rotatable bonds is 3. The van der Waals surface area contributed by atoms with Gasteiger partial charge >= 0.3 is 6.09 Å². The Morgan fingerprint density at radius 1 is 1.39 bits per heavy atom. The summed E-state index contributed by atoms with van der Waals surface area (Å²) < 4.78 is 6.26. The summed E-state index contributed by atoms with van der Waals surface area (Å²) in [5.74, 6) is 0.650. The standard InChI is InChI=1S/C20H25BrN4O3/c1-12(23-19(27)28-20(2,3)4)14-10-13-6-5-7-15(21)17(13)24-18(14)25-9-8-22-16(26)11-25/h5-7,10,12H,8-9,11H2,1-4H3,(H,22,26)(H,23,27). The molecule has 1 fully saturated rings. The minimum atomic E-state index is -0.579. The van der Waals surface area contributed by atoms with Crippen molar-refractivity contribution >= 4 is 44.7 Å². The molecule has 28 heavy (non-hydrogen) atoms. The second-order valence-electron chi connectivity index (χ2n) is 7.85. The molecule has 1 atom stereocenters. The van der Waals surface area contributed by atoms with Crippen LogP contribution in [0.15, 0.2) is 28.7 Å². The first kappa shape index (κ1) is 20.4. The van der Waals surface area contributed by atoms with Crippen molar-refractivity contribution in [1.82, 2.24) is 15.6 Å². The number of hydrogen-bond acceptors (Lipinski definition) is 5. The van der Waals surface area contributed by atoms with Crippen molar-refractivity contribution in [3.05, 3.63) is 34.3 Å². The highest BCUT2D eigenvalue weighted by molar-refractivity contribution is 9.10. The molecule has 1 aliphatic rings. The van der Waals surface area contributed by atoms with Crippen LogP contribution in [-0.4, -0.2) is 42.2 Å². The Morgan fingerprint density at radius 2 is 2.14 bits per heavy atom. The summed E-state index contributed by atoms with van der Waals surface area (Å²) in [4.78, 5) is 31.0. The van der Waals surface area contributed by atoms with Crippen LogP contribution in [0.5, 0.6) is 0 Å². The Bertz CT molecular complexity index is 910. The maximum atomic E-state index is 12.3. The SMILES string of the molecule is CC(NC(=O)OC(C)(C)C)c1cc2cccc(Br)c2nc1N1CCNC(=O)C1. The van der Waals surface area contributed by atoms with Gasteiger partial charge in [-0.05, 0) is 55.8 Å². The molecular formula is C20H25BrN4O3. The fourth-order valence-corrected chi connectivity index (χ4v) is 3.59. The zero-order chi connectivity index (χ0) is 20.5. The molecule has 2 amide bonds. The lowest BCUT2D eigenvalue weighted by molar-refractivity contribution is -0.120. The van der Waals surface area contributed by atoms with Crippen LogP contribution in [0.4, 0.5) is 10.6 Å². The van der Waals surface area contributed by atoms with Gasteiger partial charge in [-0.15, -0.1) is 0 Å². The smallest absolute Gasteiger partial charge is 0.408 e. The Morgan fingerprint density at radius 3 is 2.82 bits per heavy atom. The third-order valence-corrected chi connectivity index (χ3v) is 4.98. The zero-order valence-corrected chi connectivity index (χ0v) is 18.1. The van der Waals surface area contributed by atoms with E-state index >= 15 is 0 Å². The third kappa shape index (κ3) is 4.73. The summed E-state index contributed by atoms with van der Waals surface area (Å²) >= 11 is 3.55. The molecule has 0 bridgehead atoms. The van der Waals surface area contributed by atoms with Crippen molar-refractivity contribution < 1.29 is 14.3 Å². The van der Waals surface area contributed by atoms with Crippen LogP contribution in [0, 0.1) is 0 Å². The molecule has 1 saturated heterocycles. The normalized spacial score (nSPS) is 15.9. The average Bonchev–Trinajstić information content (AvgIpc) is 2.59. The van der Waals surface area contributed by atoms with E-state index < -0.39 is 11.7 Å². The number of amides is 2. The van der Waals surface area contributed by atoms with E-state index in [1.54, 1.807) is 0 Å². The topological polar surface area (TPSA) is 83.6 Å². The number of pyridine rings is 1.